The van der Waals surface area contributed by atoms with Crippen LogP contribution in [0.1, 0.15) is 17.5 Å². The van der Waals surface area contributed by atoms with Gasteiger partial charge in [-0.25, -0.2) is 0 Å². The van der Waals surface area contributed by atoms with Crippen LogP contribution >= 0.6 is 0 Å². The van der Waals surface area contributed by atoms with Crippen LogP contribution in [0.25, 0.3) is 0 Å². The molecule has 0 heterocycles. The Morgan fingerprint density at radius 3 is 2.37 bits per heavy atom. The van der Waals surface area contributed by atoms with Crippen LogP contribution in [0, 0.1) is 0 Å². The van der Waals surface area contributed by atoms with E-state index in [4.69, 9.17) is 0 Å². The molecule has 3 rings (SSSR count). The molecule has 1 atom stereocenters. The van der Waals surface area contributed by atoms with Gasteiger partial charge in [0.05, 0.1) is 5.60 Å². The first-order chi connectivity index (χ1) is 12.9. The Labute approximate surface area is 159 Å². The Balaban J connectivity index is 1.53. The highest BCUT2D eigenvalue weighted by Gasteiger charge is 2.32. The van der Waals surface area contributed by atoms with Crippen LogP contribution in [0.5, 0.6) is 0 Å². The smallest absolute Gasteiger partial charge is 0.313 e. The second-order valence-electron chi connectivity index (χ2n) is 7.25. The van der Waals surface area contributed by atoms with E-state index in [-0.39, 0.29) is 6.54 Å². The lowest BCUT2D eigenvalue weighted by molar-refractivity contribution is -0.136. The van der Waals surface area contributed by atoms with E-state index in [1.807, 2.05) is 49.3 Å². The van der Waals surface area contributed by atoms with E-state index in [0.29, 0.717) is 18.5 Å². The van der Waals surface area contributed by atoms with Gasteiger partial charge in [0.15, 0.2) is 0 Å². The third kappa shape index (κ3) is 4.65. The molecule has 6 nitrogen and oxygen atoms in total. The second kappa shape index (κ2) is 7.80. The van der Waals surface area contributed by atoms with Crippen molar-refractivity contribution < 1.29 is 14.7 Å². The fraction of sp³-hybridized carbons (Fsp3) is 0.333. The van der Waals surface area contributed by atoms with E-state index in [9.17, 15) is 14.7 Å². The van der Waals surface area contributed by atoms with Gasteiger partial charge < -0.3 is 20.6 Å². The van der Waals surface area contributed by atoms with Gasteiger partial charge in [0.25, 0.3) is 0 Å². The molecule has 0 aliphatic heterocycles. The molecular formula is C21H25N3O3. The van der Waals surface area contributed by atoms with Crippen molar-refractivity contribution in [2.75, 3.05) is 30.9 Å². The van der Waals surface area contributed by atoms with Gasteiger partial charge in [-0.3, -0.25) is 9.59 Å². The number of carbonyl (C=O) groups excluding carboxylic acids is 2. The minimum Gasteiger partial charge on any atom is -0.388 e. The summed E-state index contributed by atoms with van der Waals surface area (Å²) in [4.78, 5) is 26.1. The summed E-state index contributed by atoms with van der Waals surface area (Å²) in [6.45, 7) is 0.0488. The molecule has 0 fully saturated rings. The Hall–Kier alpha value is -2.86. The van der Waals surface area contributed by atoms with Crippen LogP contribution in [0.15, 0.2) is 48.5 Å². The van der Waals surface area contributed by atoms with Gasteiger partial charge in [-0.05, 0) is 48.2 Å². The normalized spacial score (nSPS) is 18.3. The molecule has 0 saturated carbocycles. The van der Waals surface area contributed by atoms with Crippen LogP contribution < -0.4 is 15.5 Å². The Morgan fingerprint density at radius 2 is 1.70 bits per heavy atom. The number of rotatable bonds is 4. The largest absolute Gasteiger partial charge is 0.388 e. The molecule has 2 aromatic carbocycles. The fourth-order valence-electron chi connectivity index (χ4n) is 3.29. The first-order valence-corrected chi connectivity index (χ1v) is 9.02. The quantitative estimate of drug-likeness (QED) is 0.719. The van der Waals surface area contributed by atoms with Crippen LogP contribution in [0.2, 0.25) is 0 Å². The van der Waals surface area contributed by atoms with Gasteiger partial charge in [0.2, 0.25) is 0 Å². The van der Waals surface area contributed by atoms with Crippen molar-refractivity contribution in [2.24, 2.45) is 0 Å². The van der Waals surface area contributed by atoms with E-state index in [1.165, 1.54) is 5.56 Å². The van der Waals surface area contributed by atoms with E-state index in [0.717, 1.165) is 17.7 Å². The molecule has 0 saturated heterocycles. The molecular weight excluding hydrogens is 342 g/mol. The van der Waals surface area contributed by atoms with E-state index in [1.54, 1.807) is 12.1 Å². The number of hydrogen-bond donors (Lipinski definition) is 3. The Morgan fingerprint density at radius 1 is 1.04 bits per heavy atom. The molecule has 2 amide bonds. The van der Waals surface area contributed by atoms with Crippen molar-refractivity contribution in [3.63, 3.8) is 0 Å². The lowest BCUT2D eigenvalue weighted by Crippen LogP contribution is -2.49. The third-order valence-electron chi connectivity index (χ3n) is 4.92. The molecule has 6 heteroatoms. The SMILES string of the molecule is CN(C)c1ccc(NC(=O)C(=O)NCC2(O)CCc3ccccc3C2)cc1. The second-order valence-corrected chi connectivity index (χ2v) is 7.25. The maximum atomic E-state index is 12.1. The summed E-state index contributed by atoms with van der Waals surface area (Å²) in [5.74, 6) is -1.49. The van der Waals surface area contributed by atoms with Crippen LogP contribution in [-0.4, -0.2) is 43.2 Å². The number of aliphatic hydroxyl groups is 1. The molecule has 27 heavy (non-hydrogen) atoms. The van der Waals surface area contributed by atoms with Gasteiger partial charge in [0.1, 0.15) is 0 Å². The maximum absolute atomic E-state index is 12.1. The summed E-state index contributed by atoms with van der Waals surface area (Å²) in [6.07, 6.45) is 1.78. The summed E-state index contributed by atoms with van der Waals surface area (Å²) >= 11 is 0. The molecule has 1 unspecified atom stereocenters. The number of nitrogens with one attached hydrogen (secondary N) is 2. The molecule has 1 aliphatic carbocycles. The fourth-order valence-corrected chi connectivity index (χ4v) is 3.29. The van der Waals surface area contributed by atoms with E-state index < -0.39 is 17.4 Å². The topological polar surface area (TPSA) is 81.7 Å². The van der Waals surface area contributed by atoms with Crippen LogP contribution in [-0.2, 0) is 22.4 Å². The summed E-state index contributed by atoms with van der Waals surface area (Å²) in [5, 5.41) is 15.9. The van der Waals surface area contributed by atoms with Crippen molar-refractivity contribution in [1.29, 1.82) is 0 Å². The molecule has 0 spiro atoms. The van der Waals surface area contributed by atoms with Gasteiger partial charge in [-0.1, -0.05) is 24.3 Å². The average molecular weight is 367 g/mol. The Kier molecular flexibility index (Phi) is 5.46. The highest BCUT2D eigenvalue weighted by Crippen LogP contribution is 2.28. The monoisotopic (exact) mass is 367 g/mol. The minimum atomic E-state index is -1.03. The number of carbonyl (C=O) groups is 2. The molecule has 0 aromatic heterocycles. The maximum Gasteiger partial charge on any atom is 0.313 e. The number of benzene rings is 2. The lowest BCUT2D eigenvalue weighted by Gasteiger charge is -2.33. The highest BCUT2D eigenvalue weighted by atomic mass is 16.3. The molecule has 0 bridgehead atoms. The highest BCUT2D eigenvalue weighted by molar-refractivity contribution is 6.39. The zero-order chi connectivity index (χ0) is 19.4. The number of fused-ring (bicyclic) bond motifs is 1. The number of amides is 2. The van der Waals surface area contributed by atoms with Crippen LogP contribution in [0.3, 0.4) is 0 Å². The van der Waals surface area contributed by atoms with Crippen molar-refractivity contribution in [1.82, 2.24) is 5.32 Å². The van der Waals surface area contributed by atoms with Gasteiger partial charge >= 0.3 is 11.8 Å². The summed E-state index contributed by atoms with van der Waals surface area (Å²) < 4.78 is 0. The van der Waals surface area contributed by atoms with E-state index in [2.05, 4.69) is 16.7 Å². The van der Waals surface area contributed by atoms with Crippen molar-refractivity contribution >= 4 is 23.2 Å². The van der Waals surface area contributed by atoms with Crippen LogP contribution in [0.4, 0.5) is 11.4 Å². The zero-order valence-corrected chi connectivity index (χ0v) is 15.7. The number of nitrogens with zero attached hydrogens (tertiary/aromatic N) is 1. The molecule has 0 radical (unpaired) electrons. The minimum absolute atomic E-state index is 0.0488. The number of aryl methyl sites for hydroxylation is 1. The standard InChI is InChI=1S/C21H25N3O3/c1-24(2)18-9-7-17(8-10-18)23-20(26)19(25)22-14-21(27)12-11-15-5-3-4-6-16(15)13-21/h3-10,27H,11-14H2,1-2H3,(H,22,25)(H,23,26). The van der Waals surface area contributed by atoms with Crippen molar-refractivity contribution in [3.8, 4) is 0 Å². The van der Waals surface area contributed by atoms with Gasteiger partial charge in [-0.2, -0.15) is 0 Å². The Bertz CT molecular complexity index is 833. The third-order valence-corrected chi connectivity index (χ3v) is 4.92. The zero-order valence-electron chi connectivity index (χ0n) is 15.7. The summed E-state index contributed by atoms with van der Waals surface area (Å²) in [5.41, 5.74) is 2.83. The molecule has 142 valence electrons. The predicted molar refractivity (Wildman–Crippen MR) is 106 cm³/mol. The summed E-state index contributed by atoms with van der Waals surface area (Å²) in [7, 11) is 3.85. The summed E-state index contributed by atoms with van der Waals surface area (Å²) in [6, 6.07) is 15.2. The van der Waals surface area contributed by atoms with Crippen molar-refractivity contribution in [3.05, 3.63) is 59.7 Å². The molecule has 2 aromatic rings. The molecule has 3 N–H and O–H groups in total. The molecule has 1 aliphatic rings. The first-order valence-electron chi connectivity index (χ1n) is 9.02. The van der Waals surface area contributed by atoms with Gasteiger partial charge in [-0.15, -0.1) is 0 Å². The van der Waals surface area contributed by atoms with Gasteiger partial charge in [0, 0.05) is 38.4 Å². The van der Waals surface area contributed by atoms with E-state index >= 15 is 0 Å². The predicted octanol–water partition coefficient (Wildman–Crippen LogP) is 1.73. The average Bonchev–Trinajstić information content (AvgIpc) is 2.66. The number of anilines is 2. The van der Waals surface area contributed by atoms with Crippen molar-refractivity contribution in [2.45, 2.75) is 24.9 Å². The first kappa shape index (κ1) is 18.9. The number of hydrogen-bond acceptors (Lipinski definition) is 4. The lowest BCUT2D eigenvalue weighted by atomic mass is 9.80.